The van der Waals surface area contributed by atoms with Crippen LogP contribution in [0, 0.1) is 12.8 Å². The molecule has 1 N–H and O–H groups in total. The van der Waals surface area contributed by atoms with Gasteiger partial charge in [0, 0.05) is 18.5 Å². The van der Waals surface area contributed by atoms with Crippen LogP contribution in [0.2, 0.25) is 0 Å². The zero-order valence-electron chi connectivity index (χ0n) is 17.4. The topological polar surface area (TPSA) is 78.3 Å². The molecule has 7 heteroatoms. The molecule has 0 aliphatic heterocycles. The van der Waals surface area contributed by atoms with Crippen molar-refractivity contribution in [1.82, 2.24) is 14.8 Å². The highest BCUT2D eigenvalue weighted by Crippen LogP contribution is 2.29. The number of carbonyl (C=O) groups is 1. The van der Waals surface area contributed by atoms with Crippen molar-refractivity contribution >= 4 is 28.7 Å². The highest BCUT2D eigenvalue weighted by molar-refractivity contribution is 6.02. The lowest BCUT2D eigenvalue weighted by molar-refractivity contribution is -0.111. The van der Waals surface area contributed by atoms with E-state index in [1.165, 1.54) is 6.08 Å². The van der Waals surface area contributed by atoms with Gasteiger partial charge in [0.1, 0.15) is 0 Å². The molecule has 3 rings (SSSR count). The number of methoxy groups -OCH3 is 1. The van der Waals surface area contributed by atoms with E-state index in [0.29, 0.717) is 29.7 Å². The zero-order chi connectivity index (χ0) is 21.0. The van der Waals surface area contributed by atoms with Gasteiger partial charge in [0.05, 0.1) is 31.3 Å². The van der Waals surface area contributed by atoms with Crippen molar-refractivity contribution in [1.29, 1.82) is 0 Å². The number of amides is 1. The van der Waals surface area contributed by atoms with Crippen LogP contribution in [-0.4, -0.2) is 34.4 Å². The van der Waals surface area contributed by atoms with E-state index in [2.05, 4.69) is 29.2 Å². The van der Waals surface area contributed by atoms with Crippen LogP contribution in [0.15, 0.2) is 36.5 Å². The van der Waals surface area contributed by atoms with Gasteiger partial charge in [-0.15, -0.1) is 0 Å². The number of hydrogen-bond donors (Lipinski definition) is 1. The average Bonchev–Trinajstić information content (AvgIpc) is 2.98. The molecule has 0 unspecified atom stereocenters. The molecule has 0 fully saturated rings. The van der Waals surface area contributed by atoms with Crippen molar-refractivity contribution in [2.75, 3.05) is 19.0 Å². The van der Waals surface area contributed by atoms with Gasteiger partial charge in [-0.2, -0.15) is 5.10 Å². The van der Waals surface area contributed by atoms with Crippen LogP contribution >= 0.6 is 0 Å². The number of nitrogens with zero attached hydrogens (tertiary/aromatic N) is 3. The first kappa shape index (κ1) is 20.4. The molecular formula is C22H26N4O3. The van der Waals surface area contributed by atoms with E-state index in [1.54, 1.807) is 24.1 Å². The summed E-state index contributed by atoms with van der Waals surface area (Å²) in [5, 5.41) is 8.08. The monoisotopic (exact) mass is 394 g/mol. The molecule has 29 heavy (non-hydrogen) atoms. The zero-order valence-corrected chi connectivity index (χ0v) is 17.4. The molecule has 0 aliphatic rings. The second-order valence-corrected chi connectivity index (χ2v) is 7.24. The molecular weight excluding hydrogens is 368 g/mol. The molecule has 0 bridgehead atoms. The number of hydrogen-bond acceptors (Lipinski definition) is 5. The maximum absolute atomic E-state index is 12.3. The lowest BCUT2D eigenvalue weighted by Gasteiger charge is -2.12. The minimum atomic E-state index is -0.244. The molecule has 2 aromatic heterocycles. The minimum Gasteiger partial charge on any atom is -0.493 e. The summed E-state index contributed by atoms with van der Waals surface area (Å²) in [6.45, 7) is 6.70. The molecule has 152 valence electrons. The SMILES string of the molecule is COc1cc(/C=C/C(=O)Nc2cnc3c(c2)c(C)nn3C)ccc1OCC(C)C. The Morgan fingerprint density at radius 3 is 2.79 bits per heavy atom. The van der Waals surface area contributed by atoms with Crippen molar-refractivity contribution in [3.05, 3.63) is 47.8 Å². The van der Waals surface area contributed by atoms with Gasteiger partial charge in [0.15, 0.2) is 17.1 Å². The number of pyridine rings is 1. The van der Waals surface area contributed by atoms with Gasteiger partial charge < -0.3 is 14.8 Å². The Morgan fingerprint density at radius 2 is 2.07 bits per heavy atom. The van der Waals surface area contributed by atoms with E-state index in [0.717, 1.165) is 22.3 Å². The van der Waals surface area contributed by atoms with Gasteiger partial charge in [-0.1, -0.05) is 19.9 Å². The maximum atomic E-state index is 12.3. The molecule has 2 heterocycles. The molecule has 0 radical (unpaired) electrons. The summed E-state index contributed by atoms with van der Waals surface area (Å²) in [7, 11) is 3.44. The summed E-state index contributed by atoms with van der Waals surface area (Å²) in [6.07, 6.45) is 4.83. The smallest absolute Gasteiger partial charge is 0.248 e. The Hall–Kier alpha value is -3.35. The first-order chi connectivity index (χ1) is 13.9. The van der Waals surface area contributed by atoms with E-state index in [1.807, 2.05) is 38.2 Å². The van der Waals surface area contributed by atoms with Gasteiger partial charge in [-0.05, 0) is 42.7 Å². The van der Waals surface area contributed by atoms with Crippen LogP contribution in [-0.2, 0) is 11.8 Å². The average molecular weight is 394 g/mol. The molecule has 0 spiro atoms. The fourth-order valence-electron chi connectivity index (χ4n) is 2.90. The quantitative estimate of drug-likeness (QED) is 0.614. The predicted octanol–water partition coefficient (Wildman–Crippen LogP) is 3.97. The molecule has 3 aromatic rings. The van der Waals surface area contributed by atoms with E-state index < -0.39 is 0 Å². The number of nitrogens with one attached hydrogen (secondary N) is 1. The Labute approximate surface area is 170 Å². The van der Waals surface area contributed by atoms with E-state index in [4.69, 9.17) is 9.47 Å². The predicted molar refractivity (Wildman–Crippen MR) is 114 cm³/mol. The van der Waals surface area contributed by atoms with Crippen LogP contribution < -0.4 is 14.8 Å². The van der Waals surface area contributed by atoms with Crippen LogP contribution in [0.4, 0.5) is 5.69 Å². The second kappa shape index (κ2) is 8.77. The molecule has 0 saturated carbocycles. The number of carbonyl (C=O) groups excluding carboxylic acids is 1. The lowest BCUT2D eigenvalue weighted by Crippen LogP contribution is -2.08. The number of ether oxygens (including phenoxy) is 2. The molecule has 0 atom stereocenters. The number of benzene rings is 1. The maximum Gasteiger partial charge on any atom is 0.248 e. The first-order valence-electron chi connectivity index (χ1n) is 9.46. The number of rotatable bonds is 7. The number of aromatic nitrogens is 3. The van der Waals surface area contributed by atoms with Gasteiger partial charge in [-0.3, -0.25) is 9.48 Å². The van der Waals surface area contributed by atoms with Gasteiger partial charge in [0.2, 0.25) is 5.91 Å². The van der Waals surface area contributed by atoms with Crippen molar-refractivity contribution < 1.29 is 14.3 Å². The van der Waals surface area contributed by atoms with Crippen molar-refractivity contribution in [2.24, 2.45) is 13.0 Å². The van der Waals surface area contributed by atoms with E-state index in [-0.39, 0.29) is 5.91 Å². The second-order valence-electron chi connectivity index (χ2n) is 7.24. The molecule has 7 nitrogen and oxygen atoms in total. The van der Waals surface area contributed by atoms with Crippen LogP contribution in [0.1, 0.15) is 25.1 Å². The fourth-order valence-corrected chi connectivity index (χ4v) is 2.90. The summed E-state index contributed by atoms with van der Waals surface area (Å²) in [4.78, 5) is 16.7. The number of aryl methyl sites for hydroxylation is 2. The fraction of sp³-hybridized carbons (Fsp3) is 0.318. The van der Waals surface area contributed by atoms with Crippen LogP contribution in [0.3, 0.4) is 0 Å². The molecule has 0 saturated heterocycles. The van der Waals surface area contributed by atoms with Crippen molar-refractivity contribution in [2.45, 2.75) is 20.8 Å². The summed E-state index contributed by atoms with van der Waals surface area (Å²) < 4.78 is 12.9. The highest BCUT2D eigenvalue weighted by atomic mass is 16.5. The summed E-state index contributed by atoms with van der Waals surface area (Å²) in [5.74, 6) is 1.50. The van der Waals surface area contributed by atoms with Crippen LogP contribution in [0.5, 0.6) is 11.5 Å². The Balaban J connectivity index is 1.69. The van der Waals surface area contributed by atoms with Crippen molar-refractivity contribution in [3.8, 4) is 11.5 Å². The molecule has 1 aromatic carbocycles. The first-order valence-corrected chi connectivity index (χ1v) is 9.46. The van der Waals surface area contributed by atoms with Gasteiger partial charge >= 0.3 is 0 Å². The van der Waals surface area contributed by atoms with Gasteiger partial charge in [0.25, 0.3) is 0 Å². The van der Waals surface area contributed by atoms with Gasteiger partial charge in [-0.25, -0.2) is 4.98 Å². The largest absolute Gasteiger partial charge is 0.493 e. The van der Waals surface area contributed by atoms with E-state index >= 15 is 0 Å². The van der Waals surface area contributed by atoms with Crippen molar-refractivity contribution in [3.63, 3.8) is 0 Å². The Kier molecular flexibility index (Phi) is 6.16. The summed E-state index contributed by atoms with van der Waals surface area (Å²) in [6, 6.07) is 7.45. The lowest BCUT2D eigenvalue weighted by atomic mass is 10.2. The normalized spacial score (nSPS) is 11.4. The third-order valence-corrected chi connectivity index (χ3v) is 4.32. The highest BCUT2D eigenvalue weighted by Gasteiger charge is 2.09. The molecule has 0 aliphatic carbocycles. The number of anilines is 1. The minimum absolute atomic E-state index is 0.244. The summed E-state index contributed by atoms with van der Waals surface area (Å²) in [5.41, 5.74) is 3.11. The van der Waals surface area contributed by atoms with E-state index in [9.17, 15) is 4.79 Å². The van der Waals surface area contributed by atoms with Crippen LogP contribution in [0.25, 0.3) is 17.1 Å². The summed E-state index contributed by atoms with van der Waals surface area (Å²) >= 11 is 0. The Bertz CT molecular complexity index is 1050. The third-order valence-electron chi connectivity index (χ3n) is 4.32. The molecule has 1 amide bonds. The number of fused-ring (bicyclic) bond motifs is 1. The standard InChI is InChI=1S/C22H26N4O3/c1-14(2)13-29-19-8-6-16(10-20(19)28-5)7-9-21(27)24-17-11-18-15(3)25-26(4)22(18)23-12-17/h6-12,14H,13H2,1-5H3,(H,24,27)/b9-7+. The third kappa shape index (κ3) is 4.93. The Morgan fingerprint density at radius 1 is 1.28 bits per heavy atom.